The van der Waals surface area contributed by atoms with E-state index in [2.05, 4.69) is 24.5 Å². The Labute approximate surface area is 110 Å². The second-order valence-electron chi connectivity index (χ2n) is 4.75. The van der Waals surface area contributed by atoms with Crippen molar-refractivity contribution in [2.24, 2.45) is 5.92 Å². The van der Waals surface area contributed by atoms with Gasteiger partial charge < -0.3 is 10.6 Å². The van der Waals surface area contributed by atoms with Crippen LogP contribution in [0.1, 0.15) is 40.0 Å². The van der Waals surface area contributed by atoms with Gasteiger partial charge in [-0.2, -0.15) is 0 Å². The number of amides is 1. The molecule has 1 aromatic carbocycles. The summed E-state index contributed by atoms with van der Waals surface area (Å²) < 4.78 is 0. The number of benzene rings is 1. The average Bonchev–Trinajstić information content (AvgIpc) is 2.38. The lowest BCUT2D eigenvalue weighted by atomic mass is 10.1. The van der Waals surface area contributed by atoms with E-state index in [-0.39, 0.29) is 5.91 Å². The molecule has 0 fully saturated rings. The third-order valence-electron chi connectivity index (χ3n) is 2.93. The zero-order valence-corrected chi connectivity index (χ0v) is 11.6. The topological polar surface area (TPSA) is 41.1 Å². The van der Waals surface area contributed by atoms with Gasteiger partial charge in [-0.25, -0.2) is 0 Å². The molecule has 0 heterocycles. The maximum Gasteiger partial charge on any atom is 0.224 e. The summed E-state index contributed by atoms with van der Waals surface area (Å²) in [7, 11) is 0. The molecule has 3 nitrogen and oxygen atoms in total. The standard InChI is InChI=1S/C15H24N2O/c1-4-6-12(3)11-16-13-7-9-14(10-8-13)17-15(18)5-2/h7-10,12,16H,4-6,11H2,1-3H3,(H,17,18). The van der Waals surface area contributed by atoms with Gasteiger partial charge in [-0.05, 0) is 36.6 Å². The highest BCUT2D eigenvalue weighted by Gasteiger charge is 2.01. The van der Waals surface area contributed by atoms with E-state index in [1.165, 1.54) is 12.8 Å². The van der Waals surface area contributed by atoms with Gasteiger partial charge in [0.15, 0.2) is 0 Å². The normalized spacial score (nSPS) is 11.9. The van der Waals surface area contributed by atoms with Gasteiger partial charge in [-0.15, -0.1) is 0 Å². The maximum absolute atomic E-state index is 11.2. The first-order valence-electron chi connectivity index (χ1n) is 6.79. The molecule has 0 radical (unpaired) electrons. The molecule has 1 unspecified atom stereocenters. The summed E-state index contributed by atoms with van der Waals surface area (Å²) in [6, 6.07) is 7.87. The molecule has 18 heavy (non-hydrogen) atoms. The van der Waals surface area contributed by atoms with E-state index in [9.17, 15) is 4.79 Å². The van der Waals surface area contributed by atoms with Crippen LogP contribution in [-0.2, 0) is 4.79 Å². The molecule has 1 rings (SSSR count). The smallest absolute Gasteiger partial charge is 0.224 e. The van der Waals surface area contributed by atoms with Crippen molar-refractivity contribution in [3.63, 3.8) is 0 Å². The predicted octanol–water partition coefficient (Wildman–Crippen LogP) is 3.88. The van der Waals surface area contributed by atoms with Gasteiger partial charge in [0, 0.05) is 24.3 Å². The molecule has 0 aliphatic heterocycles. The highest BCUT2D eigenvalue weighted by molar-refractivity contribution is 5.90. The van der Waals surface area contributed by atoms with Crippen LogP contribution in [0.2, 0.25) is 0 Å². The molecule has 100 valence electrons. The van der Waals surface area contributed by atoms with E-state index < -0.39 is 0 Å². The fourth-order valence-corrected chi connectivity index (χ4v) is 1.81. The Morgan fingerprint density at radius 3 is 2.33 bits per heavy atom. The number of carbonyl (C=O) groups is 1. The van der Waals surface area contributed by atoms with Crippen LogP contribution in [0.4, 0.5) is 11.4 Å². The number of hydrogen-bond donors (Lipinski definition) is 2. The van der Waals surface area contributed by atoms with Crippen LogP contribution in [0.15, 0.2) is 24.3 Å². The molecule has 1 atom stereocenters. The Kier molecular flexibility index (Phi) is 6.26. The van der Waals surface area contributed by atoms with E-state index in [1.54, 1.807) is 0 Å². The summed E-state index contributed by atoms with van der Waals surface area (Å²) in [5, 5.41) is 6.25. The summed E-state index contributed by atoms with van der Waals surface area (Å²) in [6.45, 7) is 7.31. The van der Waals surface area contributed by atoms with Gasteiger partial charge in [-0.3, -0.25) is 4.79 Å². The lowest BCUT2D eigenvalue weighted by Crippen LogP contribution is -2.11. The van der Waals surface area contributed by atoms with Gasteiger partial charge >= 0.3 is 0 Å². The summed E-state index contributed by atoms with van der Waals surface area (Å²) in [5.74, 6) is 0.738. The van der Waals surface area contributed by atoms with Gasteiger partial charge in [0.05, 0.1) is 0 Å². The van der Waals surface area contributed by atoms with Crippen molar-refractivity contribution in [2.75, 3.05) is 17.2 Å². The van der Waals surface area contributed by atoms with Crippen molar-refractivity contribution in [3.05, 3.63) is 24.3 Å². The molecule has 0 aromatic heterocycles. The third-order valence-corrected chi connectivity index (χ3v) is 2.93. The quantitative estimate of drug-likeness (QED) is 0.768. The lowest BCUT2D eigenvalue weighted by molar-refractivity contribution is -0.115. The van der Waals surface area contributed by atoms with Gasteiger partial charge in [0.2, 0.25) is 5.91 Å². The third kappa shape index (κ3) is 5.21. The highest BCUT2D eigenvalue weighted by atomic mass is 16.1. The zero-order valence-electron chi connectivity index (χ0n) is 11.6. The Bertz CT molecular complexity index is 359. The average molecular weight is 248 g/mol. The van der Waals surface area contributed by atoms with Crippen molar-refractivity contribution in [1.29, 1.82) is 0 Å². The van der Waals surface area contributed by atoms with Crippen LogP contribution in [0.5, 0.6) is 0 Å². The number of rotatable bonds is 7. The summed E-state index contributed by atoms with van der Waals surface area (Å²) in [4.78, 5) is 11.2. The van der Waals surface area contributed by atoms with E-state index in [1.807, 2.05) is 31.2 Å². The lowest BCUT2D eigenvalue weighted by Gasteiger charge is -2.13. The maximum atomic E-state index is 11.2. The second-order valence-corrected chi connectivity index (χ2v) is 4.75. The monoisotopic (exact) mass is 248 g/mol. The number of hydrogen-bond acceptors (Lipinski definition) is 2. The zero-order chi connectivity index (χ0) is 13.4. The van der Waals surface area contributed by atoms with Crippen LogP contribution in [-0.4, -0.2) is 12.5 Å². The predicted molar refractivity (Wildman–Crippen MR) is 77.9 cm³/mol. The Morgan fingerprint density at radius 1 is 1.17 bits per heavy atom. The molecular formula is C15H24N2O. The van der Waals surface area contributed by atoms with Gasteiger partial charge in [0.1, 0.15) is 0 Å². The Hall–Kier alpha value is -1.51. The summed E-state index contributed by atoms with van der Waals surface area (Å²) in [5.41, 5.74) is 1.96. The molecule has 0 spiro atoms. The van der Waals surface area contributed by atoms with Gasteiger partial charge in [-0.1, -0.05) is 27.2 Å². The fourth-order valence-electron chi connectivity index (χ4n) is 1.81. The van der Waals surface area contributed by atoms with Crippen molar-refractivity contribution < 1.29 is 4.79 Å². The Morgan fingerprint density at radius 2 is 1.78 bits per heavy atom. The van der Waals surface area contributed by atoms with Crippen LogP contribution in [0.25, 0.3) is 0 Å². The SMILES string of the molecule is CCCC(C)CNc1ccc(NC(=O)CC)cc1. The molecule has 0 saturated carbocycles. The second kappa shape index (κ2) is 7.75. The van der Waals surface area contributed by atoms with Crippen LogP contribution in [0.3, 0.4) is 0 Å². The van der Waals surface area contributed by atoms with Crippen molar-refractivity contribution >= 4 is 17.3 Å². The minimum absolute atomic E-state index is 0.0484. The fraction of sp³-hybridized carbons (Fsp3) is 0.533. The van der Waals surface area contributed by atoms with Crippen LogP contribution < -0.4 is 10.6 Å². The minimum Gasteiger partial charge on any atom is -0.385 e. The first-order valence-corrected chi connectivity index (χ1v) is 6.79. The van der Waals surface area contributed by atoms with E-state index in [0.717, 1.165) is 17.9 Å². The molecule has 2 N–H and O–H groups in total. The molecular weight excluding hydrogens is 224 g/mol. The van der Waals surface area contributed by atoms with Crippen molar-refractivity contribution in [1.82, 2.24) is 0 Å². The molecule has 0 bridgehead atoms. The summed E-state index contributed by atoms with van der Waals surface area (Å²) in [6.07, 6.45) is 2.98. The highest BCUT2D eigenvalue weighted by Crippen LogP contribution is 2.15. The van der Waals surface area contributed by atoms with Crippen LogP contribution >= 0.6 is 0 Å². The number of nitrogens with one attached hydrogen (secondary N) is 2. The van der Waals surface area contributed by atoms with E-state index in [4.69, 9.17) is 0 Å². The number of carbonyl (C=O) groups excluding carboxylic acids is 1. The van der Waals surface area contributed by atoms with E-state index >= 15 is 0 Å². The largest absolute Gasteiger partial charge is 0.385 e. The molecule has 1 amide bonds. The van der Waals surface area contributed by atoms with Crippen LogP contribution in [0, 0.1) is 5.92 Å². The number of anilines is 2. The molecule has 1 aromatic rings. The Balaban J connectivity index is 2.42. The summed E-state index contributed by atoms with van der Waals surface area (Å²) >= 11 is 0. The van der Waals surface area contributed by atoms with E-state index in [0.29, 0.717) is 12.3 Å². The first-order chi connectivity index (χ1) is 8.65. The van der Waals surface area contributed by atoms with Gasteiger partial charge in [0.25, 0.3) is 0 Å². The molecule has 3 heteroatoms. The molecule has 0 aliphatic rings. The minimum atomic E-state index is 0.0484. The van der Waals surface area contributed by atoms with Crippen molar-refractivity contribution in [2.45, 2.75) is 40.0 Å². The van der Waals surface area contributed by atoms with Crippen molar-refractivity contribution in [3.8, 4) is 0 Å². The molecule has 0 saturated heterocycles. The molecule has 0 aliphatic carbocycles. The first kappa shape index (κ1) is 14.6.